The van der Waals surface area contributed by atoms with Crippen LogP contribution in [0.2, 0.25) is 0 Å². The van der Waals surface area contributed by atoms with E-state index in [1.807, 2.05) is 6.92 Å². The quantitative estimate of drug-likeness (QED) is 0.0362. The first kappa shape index (κ1) is 59.6. The van der Waals surface area contributed by atoms with Crippen molar-refractivity contribution in [2.24, 2.45) is 0 Å². The monoisotopic (exact) mass is 858 g/mol. The van der Waals surface area contributed by atoms with Gasteiger partial charge in [-0.25, -0.2) is 0 Å². The van der Waals surface area contributed by atoms with Gasteiger partial charge in [-0.3, -0.25) is 4.79 Å². The molecular formula is C56H107NO4. The number of amides is 1. The van der Waals surface area contributed by atoms with Gasteiger partial charge in [-0.2, -0.15) is 0 Å². The predicted molar refractivity (Wildman–Crippen MR) is 268 cm³/mol. The van der Waals surface area contributed by atoms with Crippen LogP contribution in [-0.4, -0.2) is 46.1 Å². The van der Waals surface area contributed by atoms with E-state index in [0.717, 1.165) is 44.9 Å². The maximum absolute atomic E-state index is 12.4. The van der Waals surface area contributed by atoms with Crippen LogP contribution < -0.4 is 5.32 Å². The number of rotatable bonds is 50. The number of unbranched alkanes of at least 4 members (excludes halogenated alkanes) is 37. The van der Waals surface area contributed by atoms with E-state index in [0.29, 0.717) is 12.8 Å². The van der Waals surface area contributed by atoms with Gasteiger partial charge in [0.1, 0.15) is 6.10 Å². The van der Waals surface area contributed by atoms with Crippen molar-refractivity contribution >= 4 is 5.91 Å². The summed E-state index contributed by atoms with van der Waals surface area (Å²) in [6.07, 6.45) is 66.5. The van der Waals surface area contributed by atoms with Crippen molar-refractivity contribution in [3.63, 3.8) is 0 Å². The first-order valence-corrected chi connectivity index (χ1v) is 27.2. The molecule has 0 radical (unpaired) electrons. The molecule has 0 aromatic carbocycles. The summed E-state index contributed by atoms with van der Waals surface area (Å²) in [5, 5.41) is 33.3. The number of aliphatic hydroxyl groups excluding tert-OH is 3. The van der Waals surface area contributed by atoms with E-state index in [2.05, 4.69) is 48.7 Å². The van der Waals surface area contributed by atoms with Crippen LogP contribution in [0.3, 0.4) is 0 Å². The standard InChI is InChI=1S/C56H107NO4/c1-3-5-7-9-11-13-14-15-16-17-18-19-20-21-22-23-24-25-26-27-28-29-30-31-32-33-34-35-36-37-38-39-40-41-42-43-45-47-49-51-55(60)57-53(52-58)56(61)54(59)50-48-46-44-12-10-8-6-4-2/h4,6,12,27-28,44,53-54,56,58-59,61H,3,5,7-11,13-26,29-43,45-52H2,1-2H3,(H,57,60)/b6-4+,28-27-,44-12+. The Morgan fingerprint density at radius 3 is 1.10 bits per heavy atom. The highest BCUT2D eigenvalue weighted by atomic mass is 16.3. The molecule has 61 heavy (non-hydrogen) atoms. The predicted octanol–water partition coefficient (Wildman–Crippen LogP) is 16.7. The van der Waals surface area contributed by atoms with Crippen LogP contribution in [0.5, 0.6) is 0 Å². The van der Waals surface area contributed by atoms with Crippen molar-refractivity contribution in [3.8, 4) is 0 Å². The van der Waals surface area contributed by atoms with Crippen LogP contribution in [0, 0.1) is 0 Å². The van der Waals surface area contributed by atoms with Gasteiger partial charge in [0.25, 0.3) is 0 Å². The van der Waals surface area contributed by atoms with Gasteiger partial charge in [0, 0.05) is 6.42 Å². The molecular weight excluding hydrogens is 751 g/mol. The second-order valence-electron chi connectivity index (χ2n) is 18.8. The molecule has 0 aliphatic heterocycles. The third-order valence-electron chi connectivity index (χ3n) is 12.8. The first-order chi connectivity index (χ1) is 30.1. The van der Waals surface area contributed by atoms with Gasteiger partial charge in [-0.15, -0.1) is 0 Å². The van der Waals surface area contributed by atoms with Gasteiger partial charge in [-0.1, -0.05) is 249 Å². The van der Waals surface area contributed by atoms with Crippen molar-refractivity contribution in [2.75, 3.05) is 6.61 Å². The Hall–Kier alpha value is -1.43. The van der Waals surface area contributed by atoms with E-state index in [-0.39, 0.29) is 12.5 Å². The highest BCUT2D eigenvalue weighted by molar-refractivity contribution is 5.76. The zero-order valence-electron chi connectivity index (χ0n) is 41.1. The summed E-state index contributed by atoms with van der Waals surface area (Å²) < 4.78 is 0. The normalized spacial score (nSPS) is 13.6. The van der Waals surface area contributed by atoms with E-state index in [1.165, 1.54) is 218 Å². The van der Waals surface area contributed by atoms with Gasteiger partial charge >= 0.3 is 0 Å². The van der Waals surface area contributed by atoms with Crippen LogP contribution in [-0.2, 0) is 4.79 Å². The number of nitrogens with one attached hydrogen (secondary N) is 1. The number of allylic oxidation sites excluding steroid dienone is 6. The summed E-state index contributed by atoms with van der Waals surface area (Å²) in [4.78, 5) is 12.4. The number of hydrogen-bond donors (Lipinski definition) is 4. The van der Waals surface area contributed by atoms with Crippen LogP contribution in [0.15, 0.2) is 36.5 Å². The van der Waals surface area contributed by atoms with Crippen molar-refractivity contribution in [1.82, 2.24) is 5.32 Å². The first-order valence-electron chi connectivity index (χ1n) is 27.2. The van der Waals surface area contributed by atoms with E-state index >= 15 is 0 Å². The van der Waals surface area contributed by atoms with Crippen molar-refractivity contribution in [2.45, 2.75) is 308 Å². The van der Waals surface area contributed by atoms with Crippen LogP contribution >= 0.6 is 0 Å². The lowest BCUT2D eigenvalue weighted by Gasteiger charge is -2.26. The molecule has 0 aromatic heterocycles. The van der Waals surface area contributed by atoms with E-state index in [1.54, 1.807) is 0 Å². The molecule has 4 N–H and O–H groups in total. The second-order valence-corrected chi connectivity index (χ2v) is 18.8. The lowest BCUT2D eigenvalue weighted by Crippen LogP contribution is -2.50. The molecule has 0 aromatic rings. The maximum Gasteiger partial charge on any atom is 0.220 e. The van der Waals surface area contributed by atoms with Gasteiger partial charge in [0.15, 0.2) is 0 Å². The zero-order valence-corrected chi connectivity index (χ0v) is 41.1. The van der Waals surface area contributed by atoms with Gasteiger partial charge < -0.3 is 20.6 Å². The molecule has 3 atom stereocenters. The minimum absolute atomic E-state index is 0.159. The molecule has 0 spiro atoms. The molecule has 0 heterocycles. The van der Waals surface area contributed by atoms with E-state index in [9.17, 15) is 20.1 Å². The smallest absolute Gasteiger partial charge is 0.220 e. The molecule has 0 fully saturated rings. The SMILES string of the molecule is C/C=C/CC/C=C/CCCC(O)C(O)C(CO)NC(=O)CCCCCCCCCCCCCCCCCCC/C=C\CCCCCCCCCCCCCCCCCCCC. The average molecular weight is 858 g/mol. The average Bonchev–Trinajstić information content (AvgIpc) is 3.26. The fraction of sp³-hybridized carbons (Fsp3) is 0.875. The molecule has 0 aliphatic carbocycles. The number of carbonyl (C=O) groups excluding carboxylic acids is 1. The summed E-state index contributed by atoms with van der Waals surface area (Å²) in [6, 6.07) is -0.829. The van der Waals surface area contributed by atoms with E-state index in [4.69, 9.17) is 0 Å². The fourth-order valence-electron chi connectivity index (χ4n) is 8.60. The van der Waals surface area contributed by atoms with Crippen molar-refractivity contribution in [1.29, 1.82) is 0 Å². The van der Waals surface area contributed by atoms with Crippen LogP contribution in [0.25, 0.3) is 0 Å². The molecule has 0 rings (SSSR count). The summed E-state index contributed by atoms with van der Waals surface area (Å²) in [5.41, 5.74) is 0. The minimum atomic E-state index is -1.16. The lowest BCUT2D eigenvalue weighted by molar-refractivity contribution is -0.124. The minimum Gasteiger partial charge on any atom is -0.394 e. The molecule has 360 valence electrons. The molecule has 5 nitrogen and oxygen atoms in total. The molecule has 1 amide bonds. The van der Waals surface area contributed by atoms with Crippen molar-refractivity contribution < 1.29 is 20.1 Å². The van der Waals surface area contributed by atoms with Crippen LogP contribution in [0.1, 0.15) is 290 Å². The Morgan fingerprint density at radius 2 is 0.738 bits per heavy atom. The Labute approximate surface area is 381 Å². The molecule has 5 heteroatoms. The van der Waals surface area contributed by atoms with Crippen molar-refractivity contribution in [3.05, 3.63) is 36.5 Å². The number of hydrogen-bond acceptors (Lipinski definition) is 4. The Bertz CT molecular complexity index is 947. The highest BCUT2D eigenvalue weighted by Gasteiger charge is 2.26. The van der Waals surface area contributed by atoms with Gasteiger partial charge in [-0.05, 0) is 71.1 Å². The molecule has 0 bridgehead atoms. The zero-order chi connectivity index (χ0) is 44.4. The third-order valence-corrected chi connectivity index (χ3v) is 12.8. The van der Waals surface area contributed by atoms with E-state index < -0.39 is 18.2 Å². The Kier molecular flexibility index (Phi) is 50.0. The Balaban J connectivity index is 3.38. The number of aliphatic hydroxyl groups is 3. The Morgan fingerprint density at radius 1 is 0.426 bits per heavy atom. The van der Waals surface area contributed by atoms with Gasteiger partial charge in [0.2, 0.25) is 5.91 Å². The van der Waals surface area contributed by atoms with Crippen LogP contribution in [0.4, 0.5) is 0 Å². The molecule has 0 saturated heterocycles. The second kappa shape index (κ2) is 51.2. The third kappa shape index (κ3) is 46.4. The topological polar surface area (TPSA) is 89.8 Å². The lowest BCUT2D eigenvalue weighted by atomic mass is 10.0. The molecule has 0 saturated carbocycles. The molecule has 0 aliphatic rings. The highest BCUT2D eigenvalue weighted by Crippen LogP contribution is 2.17. The molecule has 3 unspecified atom stereocenters. The van der Waals surface area contributed by atoms with Gasteiger partial charge in [0.05, 0.1) is 18.8 Å². The fourth-order valence-corrected chi connectivity index (χ4v) is 8.60. The summed E-state index contributed by atoms with van der Waals surface area (Å²) in [5.74, 6) is -0.159. The summed E-state index contributed by atoms with van der Waals surface area (Å²) in [7, 11) is 0. The maximum atomic E-state index is 12.4. The largest absolute Gasteiger partial charge is 0.394 e. The number of carbonyl (C=O) groups is 1. The summed E-state index contributed by atoms with van der Waals surface area (Å²) >= 11 is 0. The summed E-state index contributed by atoms with van der Waals surface area (Å²) in [6.45, 7) is 3.94.